The molecule has 0 fully saturated rings. The molecule has 1 aromatic carbocycles. The summed E-state index contributed by atoms with van der Waals surface area (Å²) < 4.78 is 62.1. The molecule has 0 spiro atoms. The van der Waals surface area contributed by atoms with Crippen LogP contribution in [0.5, 0.6) is 5.75 Å². The first kappa shape index (κ1) is 23.0. The van der Waals surface area contributed by atoms with Gasteiger partial charge in [0.05, 0.1) is 6.20 Å². The number of anilines is 1. The van der Waals surface area contributed by atoms with Crippen molar-refractivity contribution in [1.82, 2.24) is 4.98 Å². The summed E-state index contributed by atoms with van der Waals surface area (Å²) in [4.78, 5) is 20.7. The Balaban J connectivity index is 1.84. The first-order chi connectivity index (χ1) is 15.1. The lowest BCUT2D eigenvalue weighted by molar-refractivity contribution is 0.0816. The SMILES string of the molecule is Cc1cc(OCC(F)F)cnc1C(=O)Nc1ccc(F)c([C@]2(C)C=C(CF)OC(N)=N2)c1. The molecule has 1 aliphatic heterocycles. The van der Waals surface area contributed by atoms with Gasteiger partial charge in [-0.25, -0.2) is 27.5 Å². The molecule has 32 heavy (non-hydrogen) atoms. The largest absolute Gasteiger partial charge is 0.486 e. The van der Waals surface area contributed by atoms with Crippen LogP contribution in [-0.4, -0.2) is 36.6 Å². The number of aromatic nitrogens is 1. The van der Waals surface area contributed by atoms with Crippen LogP contribution in [-0.2, 0) is 10.3 Å². The molecule has 0 aliphatic carbocycles. The van der Waals surface area contributed by atoms with Gasteiger partial charge in [0.1, 0.15) is 41.8 Å². The van der Waals surface area contributed by atoms with Gasteiger partial charge in [0, 0.05) is 11.3 Å². The maximum absolute atomic E-state index is 14.6. The zero-order chi connectivity index (χ0) is 23.5. The first-order valence-electron chi connectivity index (χ1n) is 9.41. The van der Waals surface area contributed by atoms with Crippen molar-refractivity contribution in [1.29, 1.82) is 0 Å². The van der Waals surface area contributed by atoms with Crippen LogP contribution in [0.4, 0.5) is 23.2 Å². The van der Waals surface area contributed by atoms with Crippen LogP contribution >= 0.6 is 0 Å². The molecule has 0 unspecified atom stereocenters. The summed E-state index contributed by atoms with van der Waals surface area (Å²) >= 11 is 0. The fraction of sp³-hybridized carbons (Fsp3) is 0.286. The quantitative estimate of drug-likeness (QED) is 0.622. The molecule has 3 N–H and O–H groups in total. The molecule has 3 rings (SSSR count). The molecule has 0 radical (unpaired) electrons. The number of alkyl halides is 3. The van der Waals surface area contributed by atoms with E-state index in [1.165, 1.54) is 31.2 Å². The molecule has 1 aliphatic rings. The summed E-state index contributed by atoms with van der Waals surface area (Å²) in [5.41, 5.74) is 4.92. The Morgan fingerprint density at radius 3 is 2.75 bits per heavy atom. The Morgan fingerprint density at radius 2 is 2.09 bits per heavy atom. The number of halogens is 4. The number of benzene rings is 1. The number of hydrogen-bond acceptors (Lipinski definition) is 6. The Hall–Kier alpha value is -3.63. The molecule has 2 heterocycles. The van der Waals surface area contributed by atoms with Crippen molar-refractivity contribution in [2.45, 2.75) is 25.8 Å². The van der Waals surface area contributed by atoms with E-state index in [0.29, 0.717) is 5.56 Å². The van der Waals surface area contributed by atoms with Gasteiger partial charge in [-0.3, -0.25) is 4.79 Å². The Kier molecular flexibility index (Phi) is 6.66. The highest BCUT2D eigenvalue weighted by Crippen LogP contribution is 2.35. The van der Waals surface area contributed by atoms with E-state index in [2.05, 4.69) is 15.3 Å². The van der Waals surface area contributed by atoms with Crippen molar-refractivity contribution in [2.24, 2.45) is 10.7 Å². The fourth-order valence-electron chi connectivity index (χ4n) is 3.17. The van der Waals surface area contributed by atoms with E-state index in [1.807, 2.05) is 0 Å². The maximum Gasteiger partial charge on any atom is 0.288 e. The Bertz CT molecular complexity index is 1090. The van der Waals surface area contributed by atoms with Gasteiger partial charge in [0.25, 0.3) is 18.4 Å². The highest BCUT2D eigenvalue weighted by atomic mass is 19.3. The minimum absolute atomic E-state index is 0.0272. The van der Waals surface area contributed by atoms with Crippen molar-refractivity contribution in [3.8, 4) is 5.75 Å². The number of rotatable bonds is 7. The second-order valence-corrected chi connectivity index (χ2v) is 7.13. The van der Waals surface area contributed by atoms with Gasteiger partial charge < -0.3 is 20.5 Å². The topological polar surface area (TPSA) is 98.8 Å². The number of allylic oxidation sites excluding steroid dienone is 1. The maximum atomic E-state index is 14.6. The van der Waals surface area contributed by atoms with Gasteiger partial charge >= 0.3 is 0 Å². The summed E-state index contributed by atoms with van der Waals surface area (Å²) in [6.07, 6.45) is -0.180. The molecule has 7 nitrogen and oxygen atoms in total. The van der Waals surface area contributed by atoms with Crippen LogP contribution in [0.2, 0.25) is 0 Å². The molecular formula is C21H20F4N4O3. The standard InChI is InChI=1S/C21H20F4N4O3/c1-11-5-13(31-10-17(24)25)9-27-18(11)19(30)28-12-3-4-16(23)15(6-12)21(2)7-14(8-22)32-20(26)29-21/h3-7,9,17H,8,10H2,1-2H3,(H2,26,29)(H,28,30)/t21-/m0/s1. The number of carbonyl (C=O) groups excluding carboxylic acids is 1. The van der Waals surface area contributed by atoms with Gasteiger partial charge in [0.15, 0.2) is 0 Å². The molecular weight excluding hydrogens is 432 g/mol. The van der Waals surface area contributed by atoms with Gasteiger partial charge in [-0.05, 0) is 49.8 Å². The molecule has 11 heteroatoms. The van der Waals surface area contributed by atoms with E-state index in [4.69, 9.17) is 15.2 Å². The molecule has 170 valence electrons. The number of amidine groups is 1. The third-order valence-electron chi connectivity index (χ3n) is 4.57. The first-order valence-corrected chi connectivity index (χ1v) is 9.41. The average Bonchev–Trinajstić information content (AvgIpc) is 2.72. The van der Waals surface area contributed by atoms with Gasteiger partial charge in [0.2, 0.25) is 0 Å². The normalized spacial score (nSPS) is 18.0. The lowest BCUT2D eigenvalue weighted by Gasteiger charge is -2.28. The molecule has 1 amide bonds. The van der Waals surface area contributed by atoms with Gasteiger partial charge in [-0.2, -0.15) is 0 Å². The number of amides is 1. The van der Waals surface area contributed by atoms with Crippen LogP contribution in [0.1, 0.15) is 28.5 Å². The van der Waals surface area contributed by atoms with E-state index in [9.17, 15) is 22.4 Å². The minimum atomic E-state index is -2.64. The second-order valence-electron chi connectivity index (χ2n) is 7.13. The van der Waals surface area contributed by atoms with Crippen LogP contribution in [0.15, 0.2) is 47.3 Å². The monoisotopic (exact) mass is 452 g/mol. The molecule has 1 aromatic heterocycles. The lowest BCUT2D eigenvalue weighted by Crippen LogP contribution is -2.31. The number of carbonyl (C=O) groups is 1. The predicted octanol–water partition coefficient (Wildman–Crippen LogP) is 3.84. The Morgan fingerprint density at radius 1 is 1.34 bits per heavy atom. The smallest absolute Gasteiger partial charge is 0.288 e. The second kappa shape index (κ2) is 9.25. The number of aryl methyl sites for hydroxylation is 1. The Labute approximate surface area is 180 Å². The molecule has 0 saturated carbocycles. The zero-order valence-electron chi connectivity index (χ0n) is 17.2. The summed E-state index contributed by atoms with van der Waals surface area (Å²) in [5.74, 6) is -1.27. The summed E-state index contributed by atoms with van der Waals surface area (Å²) in [6, 6.07) is 4.90. The zero-order valence-corrected chi connectivity index (χ0v) is 17.2. The lowest BCUT2D eigenvalue weighted by atomic mass is 9.90. The van der Waals surface area contributed by atoms with E-state index in [-0.39, 0.29) is 34.5 Å². The number of hydrogen-bond donors (Lipinski definition) is 2. The molecule has 2 aromatic rings. The van der Waals surface area contributed by atoms with Crippen LogP contribution < -0.4 is 15.8 Å². The van der Waals surface area contributed by atoms with Gasteiger partial charge in [-0.1, -0.05) is 0 Å². The van der Waals surface area contributed by atoms with Crippen LogP contribution in [0.3, 0.4) is 0 Å². The number of ether oxygens (including phenoxy) is 2. The highest BCUT2D eigenvalue weighted by molar-refractivity contribution is 6.03. The van der Waals surface area contributed by atoms with E-state index in [0.717, 1.165) is 12.3 Å². The number of nitrogens with zero attached hydrogens (tertiary/aromatic N) is 2. The molecule has 1 atom stereocenters. The molecule has 0 bridgehead atoms. The van der Waals surface area contributed by atoms with Crippen molar-refractivity contribution in [2.75, 3.05) is 18.6 Å². The summed E-state index contributed by atoms with van der Waals surface area (Å²) in [5, 5.41) is 2.59. The third kappa shape index (κ3) is 5.16. The minimum Gasteiger partial charge on any atom is -0.486 e. The number of nitrogens with two attached hydrogens (primary N) is 1. The summed E-state index contributed by atoms with van der Waals surface area (Å²) in [7, 11) is 0. The van der Waals surface area contributed by atoms with Crippen LogP contribution in [0, 0.1) is 12.7 Å². The van der Waals surface area contributed by atoms with Crippen molar-refractivity contribution < 1.29 is 31.8 Å². The van der Waals surface area contributed by atoms with Crippen molar-refractivity contribution in [3.63, 3.8) is 0 Å². The van der Waals surface area contributed by atoms with E-state index in [1.54, 1.807) is 6.92 Å². The van der Waals surface area contributed by atoms with E-state index < -0.39 is 37.0 Å². The highest BCUT2D eigenvalue weighted by Gasteiger charge is 2.32. The fourth-order valence-corrected chi connectivity index (χ4v) is 3.17. The van der Waals surface area contributed by atoms with E-state index >= 15 is 0 Å². The summed E-state index contributed by atoms with van der Waals surface area (Å²) in [6.45, 7) is 1.34. The molecule has 0 saturated heterocycles. The van der Waals surface area contributed by atoms with Crippen molar-refractivity contribution in [3.05, 3.63) is 64.9 Å². The number of aliphatic imine (C=N–C) groups is 1. The average molecular weight is 452 g/mol. The van der Waals surface area contributed by atoms with Gasteiger partial charge in [-0.15, -0.1) is 0 Å². The number of pyridine rings is 1. The van der Waals surface area contributed by atoms with Crippen molar-refractivity contribution >= 4 is 17.6 Å². The third-order valence-corrected chi connectivity index (χ3v) is 4.57. The number of nitrogens with one attached hydrogen (secondary N) is 1. The predicted molar refractivity (Wildman–Crippen MR) is 109 cm³/mol. The van der Waals surface area contributed by atoms with Crippen LogP contribution in [0.25, 0.3) is 0 Å².